The van der Waals surface area contributed by atoms with Crippen LogP contribution in [-0.4, -0.2) is 18.3 Å². The predicted molar refractivity (Wildman–Crippen MR) is 52.6 cm³/mol. The molecule has 0 atom stereocenters. The van der Waals surface area contributed by atoms with E-state index in [1.807, 2.05) is 0 Å². The molecule has 0 radical (unpaired) electrons. The summed E-state index contributed by atoms with van der Waals surface area (Å²) in [4.78, 5) is 11.3. The normalized spacial score (nSPS) is 9.93. The van der Waals surface area contributed by atoms with E-state index in [0.717, 1.165) is 0 Å². The quantitative estimate of drug-likeness (QED) is 0.571. The molecule has 0 spiro atoms. The minimum absolute atomic E-state index is 0.0654. The molecule has 0 N–H and O–H groups in total. The van der Waals surface area contributed by atoms with E-state index in [1.54, 1.807) is 13.0 Å². The van der Waals surface area contributed by atoms with Gasteiger partial charge in [-0.05, 0) is 19.1 Å². The molecule has 0 bridgehead atoms. The van der Waals surface area contributed by atoms with Crippen molar-refractivity contribution in [1.29, 1.82) is 0 Å². The Morgan fingerprint density at radius 2 is 2.29 bits per heavy atom. The second kappa shape index (κ2) is 4.96. The van der Waals surface area contributed by atoms with Crippen molar-refractivity contribution >= 4 is 17.4 Å². The summed E-state index contributed by atoms with van der Waals surface area (Å²) in [6, 6.07) is 4.25. The standard InChI is InChI=1S/C10H10ClFO2/c1-2-14-9-5-3-4-7(12)10(9)8(13)6-11/h3-5H,2,6H2,1H3. The lowest BCUT2D eigenvalue weighted by molar-refractivity contribution is 0.101. The molecule has 0 fully saturated rings. The lowest BCUT2D eigenvalue weighted by Crippen LogP contribution is -2.07. The van der Waals surface area contributed by atoms with Gasteiger partial charge in [-0.1, -0.05) is 6.07 Å². The van der Waals surface area contributed by atoms with Crippen LogP contribution in [0.5, 0.6) is 5.75 Å². The number of Topliss-reactive ketones (excluding diaryl/α,β-unsaturated/α-hetero) is 1. The van der Waals surface area contributed by atoms with E-state index < -0.39 is 11.6 Å². The molecule has 0 aliphatic heterocycles. The number of benzene rings is 1. The number of rotatable bonds is 4. The van der Waals surface area contributed by atoms with Crippen molar-refractivity contribution in [3.8, 4) is 5.75 Å². The third-order valence-corrected chi connectivity index (χ3v) is 1.92. The van der Waals surface area contributed by atoms with E-state index in [-0.39, 0.29) is 17.2 Å². The summed E-state index contributed by atoms with van der Waals surface area (Å²) in [6.07, 6.45) is 0. The topological polar surface area (TPSA) is 26.3 Å². The van der Waals surface area contributed by atoms with Gasteiger partial charge >= 0.3 is 0 Å². The van der Waals surface area contributed by atoms with Crippen LogP contribution in [0.3, 0.4) is 0 Å². The number of alkyl halides is 1. The predicted octanol–water partition coefficient (Wildman–Crippen LogP) is 2.65. The van der Waals surface area contributed by atoms with Crippen LogP contribution < -0.4 is 4.74 Å². The van der Waals surface area contributed by atoms with Gasteiger partial charge in [-0.25, -0.2) is 4.39 Å². The first-order valence-corrected chi connectivity index (χ1v) is 4.74. The molecule has 14 heavy (non-hydrogen) atoms. The fourth-order valence-corrected chi connectivity index (χ4v) is 1.25. The second-order valence-electron chi connectivity index (χ2n) is 2.60. The van der Waals surface area contributed by atoms with E-state index in [1.165, 1.54) is 12.1 Å². The Labute approximate surface area is 86.6 Å². The molecule has 1 aromatic rings. The maximum absolute atomic E-state index is 13.3. The van der Waals surface area contributed by atoms with Crippen molar-refractivity contribution in [2.45, 2.75) is 6.92 Å². The van der Waals surface area contributed by atoms with Gasteiger partial charge in [-0.15, -0.1) is 11.6 Å². The average molecular weight is 217 g/mol. The van der Waals surface area contributed by atoms with Crippen molar-refractivity contribution in [2.75, 3.05) is 12.5 Å². The fourth-order valence-electron chi connectivity index (χ4n) is 1.12. The smallest absolute Gasteiger partial charge is 0.184 e. The number of halogens is 2. The van der Waals surface area contributed by atoms with Crippen LogP contribution in [0.15, 0.2) is 18.2 Å². The van der Waals surface area contributed by atoms with Crippen LogP contribution in [0.1, 0.15) is 17.3 Å². The van der Waals surface area contributed by atoms with E-state index in [9.17, 15) is 9.18 Å². The molecule has 1 aromatic carbocycles. The molecule has 0 aromatic heterocycles. The van der Waals surface area contributed by atoms with Gasteiger partial charge in [0.05, 0.1) is 18.1 Å². The number of carbonyl (C=O) groups excluding carboxylic acids is 1. The van der Waals surface area contributed by atoms with Crippen molar-refractivity contribution in [3.63, 3.8) is 0 Å². The number of hydrogen-bond donors (Lipinski definition) is 0. The molecule has 0 heterocycles. The first kappa shape index (κ1) is 11.0. The third-order valence-electron chi connectivity index (χ3n) is 1.68. The molecule has 1 rings (SSSR count). The monoisotopic (exact) mass is 216 g/mol. The summed E-state index contributed by atoms with van der Waals surface area (Å²) in [5.74, 6) is -1.06. The highest BCUT2D eigenvalue weighted by Gasteiger charge is 2.16. The summed E-state index contributed by atoms with van der Waals surface area (Å²) in [7, 11) is 0. The Balaban J connectivity index is 3.15. The highest BCUT2D eigenvalue weighted by Crippen LogP contribution is 2.22. The zero-order chi connectivity index (χ0) is 10.6. The van der Waals surface area contributed by atoms with E-state index in [4.69, 9.17) is 16.3 Å². The lowest BCUT2D eigenvalue weighted by atomic mass is 10.1. The van der Waals surface area contributed by atoms with Gasteiger partial charge in [0.2, 0.25) is 0 Å². The van der Waals surface area contributed by atoms with Crippen molar-refractivity contribution in [1.82, 2.24) is 0 Å². The first-order valence-electron chi connectivity index (χ1n) is 4.21. The van der Waals surface area contributed by atoms with Gasteiger partial charge < -0.3 is 4.74 Å². The van der Waals surface area contributed by atoms with E-state index in [2.05, 4.69) is 0 Å². The molecule has 0 aliphatic rings. The number of ether oxygens (including phenoxy) is 1. The molecule has 4 heteroatoms. The summed E-state index contributed by atoms with van der Waals surface area (Å²) >= 11 is 5.36. The highest BCUT2D eigenvalue weighted by molar-refractivity contribution is 6.30. The summed E-state index contributed by atoms with van der Waals surface area (Å²) in [5, 5.41) is 0. The van der Waals surface area contributed by atoms with Gasteiger partial charge in [0, 0.05) is 0 Å². The summed E-state index contributed by atoms with van der Waals surface area (Å²) in [6.45, 7) is 2.14. The molecule has 2 nitrogen and oxygen atoms in total. The Morgan fingerprint density at radius 1 is 1.57 bits per heavy atom. The SMILES string of the molecule is CCOc1cccc(F)c1C(=O)CCl. The van der Waals surface area contributed by atoms with Crippen LogP contribution in [0.4, 0.5) is 4.39 Å². The maximum atomic E-state index is 13.3. The molecule has 0 saturated carbocycles. The number of ketones is 1. The van der Waals surface area contributed by atoms with E-state index >= 15 is 0 Å². The lowest BCUT2D eigenvalue weighted by Gasteiger charge is -2.08. The van der Waals surface area contributed by atoms with Crippen LogP contribution >= 0.6 is 11.6 Å². The van der Waals surface area contributed by atoms with Crippen molar-refractivity contribution in [2.24, 2.45) is 0 Å². The fraction of sp³-hybridized carbons (Fsp3) is 0.300. The average Bonchev–Trinajstić information content (AvgIpc) is 2.18. The highest BCUT2D eigenvalue weighted by atomic mass is 35.5. The molecular weight excluding hydrogens is 207 g/mol. The van der Waals surface area contributed by atoms with Crippen LogP contribution in [0.2, 0.25) is 0 Å². The maximum Gasteiger partial charge on any atom is 0.184 e. The molecule has 0 amide bonds. The van der Waals surface area contributed by atoms with Gasteiger partial charge in [-0.3, -0.25) is 4.79 Å². The van der Waals surface area contributed by atoms with Crippen molar-refractivity contribution < 1.29 is 13.9 Å². The molecule has 0 saturated heterocycles. The summed E-state index contributed by atoms with van der Waals surface area (Å²) in [5.41, 5.74) is -0.0654. The van der Waals surface area contributed by atoms with Crippen molar-refractivity contribution in [3.05, 3.63) is 29.6 Å². The van der Waals surface area contributed by atoms with Crippen LogP contribution in [0.25, 0.3) is 0 Å². The Kier molecular flexibility index (Phi) is 3.89. The van der Waals surface area contributed by atoms with E-state index in [0.29, 0.717) is 6.61 Å². The Morgan fingerprint density at radius 3 is 2.86 bits per heavy atom. The zero-order valence-corrected chi connectivity index (χ0v) is 8.47. The first-order chi connectivity index (χ1) is 6.70. The molecule has 76 valence electrons. The minimum atomic E-state index is -0.596. The number of hydrogen-bond acceptors (Lipinski definition) is 2. The Bertz CT molecular complexity index is 339. The van der Waals surface area contributed by atoms with Gasteiger partial charge in [0.15, 0.2) is 5.78 Å². The van der Waals surface area contributed by atoms with Gasteiger partial charge in [0.1, 0.15) is 11.6 Å². The van der Waals surface area contributed by atoms with Gasteiger partial charge in [0.25, 0.3) is 0 Å². The summed E-state index contributed by atoms with van der Waals surface area (Å²) < 4.78 is 18.4. The van der Waals surface area contributed by atoms with Crippen LogP contribution in [0, 0.1) is 5.82 Å². The molecular formula is C10H10ClFO2. The largest absolute Gasteiger partial charge is 0.493 e. The third kappa shape index (κ3) is 2.23. The van der Waals surface area contributed by atoms with Crippen LogP contribution in [-0.2, 0) is 0 Å². The van der Waals surface area contributed by atoms with Gasteiger partial charge in [-0.2, -0.15) is 0 Å². The molecule has 0 aliphatic carbocycles. The second-order valence-corrected chi connectivity index (χ2v) is 2.87. The zero-order valence-electron chi connectivity index (χ0n) is 7.72. The number of carbonyl (C=O) groups is 1. The minimum Gasteiger partial charge on any atom is -0.493 e. The Hall–Kier alpha value is -1.09. The molecule has 0 unspecified atom stereocenters.